The molecule has 1 aromatic carbocycles. The van der Waals surface area contributed by atoms with Crippen LogP contribution in [0.25, 0.3) is 0 Å². The summed E-state index contributed by atoms with van der Waals surface area (Å²) in [5.74, 6) is -0.386. The standard InChI is InChI=1S/C17H23Cl3N4O3S/c1-4-5-10-27-13(25)11-6-8-12(9-7-11)21-15(28)22-14(17(18,19)20)23-16(26)24(2)3/h6-9,14H,4-5,10H2,1-3H3,(H,23,26)(H2,21,22,28)/t14-/m1/s1. The lowest BCUT2D eigenvalue weighted by Crippen LogP contribution is -2.57. The van der Waals surface area contributed by atoms with Crippen LogP contribution in [0.5, 0.6) is 0 Å². The molecule has 7 nitrogen and oxygen atoms in total. The van der Waals surface area contributed by atoms with Gasteiger partial charge in [0.2, 0.25) is 3.79 Å². The van der Waals surface area contributed by atoms with E-state index in [2.05, 4.69) is 16.0 Å². The van der Waals surface area contributed by atoms with E-state index in [4.69, 9.17) is 51.8 Å². The Morgan fingerprint density at radius 1 is 1.18 bits per heavy atom. The van der Waals surface area contributed by atoms with E-state index in [1.54, 1.807) is 38.4 Å². The van der Waals surface area contributed by atoms with Crippen LogP contribution in [0, 0.1) is 0 Å². The third-order valence-electron chi connectivity index (χ3n) is 3.39. The van der Waals surface area contributed by atoms with Gasteiger partial charge < -0.3 is 25.6 Å². The molecule has 0 aliphatic heterocycles. The van der Waals surface area contributed by atoms with E-state index >= 15 is 0 Å². The van der Waals surface area contributed by atoms with Gasteiger partial charge in [-0.05, 0) is 42.9 Å². The predicted octanol–water partition coefficient (Wildman–Crippen LogP) is 3.90. The molecule has 1 atom stereocenters. The number of amides is 2. The highest BCUT2D eigenvalue weighted by molar-refractivity contribution is 7.80. The van der Waals surface area contributed by atoms with Gasteiger partial charge in [0.15, 0.2) is 11.3 Å². The molecule has 1 rings (SSSR count). The smallest absolute Gasteiger partial charge is 0.338 e. The first-order valence-electron chi connectivity index (χ1n) is 8.43. The largest absolute Gasteiger partial charge is 0.462 e. The number of hydrogen-bond acceptors (Lipinski definition) is 4. The lowest BCUT2D eigenvalue weighted by molar-refractivity contribution is 0.0499. The third kappa shape index (κ3) is 8.68. The van der Waals surface area contributed by atoms with Gasteiger partial charge in [-0.15, -0.1) is 0 Å². The highest BCUT2D eigenvalue weighted by atomic mass is 35.6. The number of ether oxygens (including phenoxy) is 1. The van der Waals surface area contributed by atoms with Crippen molar-refractivity contribution in [1.82, 2.24) is 15.5 Å². The Kier molecular flexibility index (Phi) is 10.1. The van der Waals surface area contributed by atoms with Crippen LogP contribution in [0.1, 0.15) is 30.1 Å². The van der Waals surface area contributed by atoms with Gasteiger partial charge in [-0.25, -0.2) is 9.59 Å². The number of halogens is 3. The fourth-order valence-electron chi connectivity index (χ4n) is 1.83. The summed E-state index contributed by atoms with van der Waals surface area (Å²) in [7, 11) is 3.10. The summed E-state index contributed by atoms with van der Waals surface area (Å²) in [5.41, 5.74) is 1.03. The maximum atomic E-state index is 11.9. The molecule has 0 radical (unpaired) electrons. The molecule has 0 spiro atoms. The average Bonchev–Trinajstić information content (AvgIpc) is 2.60. The first-order chi connectivity index (χ1) is 13.0. The van der Waals surface area contributed by atoms with Crippen LogP contribution in [0.2, 0.25) is 0 Å². The minimum Gasteiger partial charge on any atom is -0.462 e. The van der Waals surface area contributed by atoms with Gasteiger partial charge in [-0.3, -0.25) is 0 Å². The fourth-order valence-corrected chi connectivity index (χ4v) is 2.40. The van der Waals surface area contributed by atoms with Crippen molar-refractivity contribution in [3.8, 4) is 0 Å². The summed E-state index contributed by atoms with van der Waals surface area (Å²) in [6.07, 6.45) is 0.699. The van der Waals surface area contributed by atoms with E-state index in [1.165, 1.54) is 4.90 Å². The summed E-state index contributed by atoms with van der Waals surface area (Å²) in [4.78, 5) is 25.0. The number of nitrogens with zero attached hydrogens (tertiary/aromatic N) is 1. The minimum absolute atomic E-state index is 0.119. The van der Waals surface area contributed by atoms with E-state index in [-0.39, 0.29) is 11.1 Å². The first kappa shape index (κ1) is 24.6. The van der Waals surface area contributed by atoms with Crippen molar-refractivity contribution in [2.45, 2.75) is 29.7 Å². The summed E-state index contributed by atoms with van der Waals surface area (Å²) < 4.78 is 3.31. The van der Waals surface area contributed by atoms with Gasteiger partial charge in [-0.2, -0.15) is 0 Å². The number of nitrogens with one attached hydrogen (secondary N) is 3. The Bertz CT molecular complexity index is 681. The molecular weight excluding hydrogens is 447 g/mol. The van der Waals surface area contributed by atoms with E-state index in [9.17, 15) is 9.59 Å². The summed E-state index contributed by atoms with van der Waals surface area (Å²) in [5, 5.41) is 8.26. The number of hydrogen-bond donors (Lipinski definition) is 3. The lowest BCUT2D eigenvalue weighted by atomic mass is 10.2. The Morgan fingerprint density at radius 3 is 2.29 bits per heavy atom. The zero-order valence-corrected chi connectivity index (χ0v) is 18.8. The van der Waals surface area contributed by atoms with Crippen LogP contribution in [0.15, 0.2) is 24.3 Å². The van der Waals surface area contributed by atoms with Crippen molar-refractivity contribution in [2.24, 2.45) is 0 Å². The summed E-state index contributed by atoms with van der Waals surface area (Å²) in [6.45, 7) is 2.41. The monoisotopic (exact) mass is 468 g/mol. The molecule has 11 heteroatoms. The Labute approximate surface area is 185 Å². The normalized spacial score (nSPS) is 11.9. The number of rotatable bonds is 7. The van der Waals surface area contributed by atoms with Crippen molar-refractivity contribution < 1.29 is 14.3 Å². The summed E-state index contributed by atoms with van der Waals surface area (Å²) >= 11 is 22.9. The van der Waals surface area contributed by atoms with Crippen molar-refractivity contribution in [1.29, 1.82) is 0 Å². The van der Waals surface area contributed by atoms with E-state index in [1.807, 2.05) is 6.92 Å². The molecule has 28 heavy (non-hydrogen) atoms. The number of alkyl halides is 3. The number of carbonyl (C=O) groups is 2. The molecule has 0 heterocycles. The second kappa shape index (κ2) is 11.5. The van der Waals surface area contributed by atoms with Gasteiger partial charge in [0, 0.05) is 19.8 Å². The number of esters is 1. The van der Waals surface area contributed by atoms with Gasteiger partial charge in [0.1, 0.15) is 0 Å². The van der Waals surface area contributed by atoms with E-state index in [0.717, 1.165) is 12.8 Å². The van der Waals surface area contributed by atoms with Gasteiger partial charge >= 0.3 is 12.0 Å². The molecular formula is C17H23Cl3N4O3S. The van der Waals surface area contributed by atoms with Crippen LogP contribution in [-0.2, 0) is 4.74 Å². The van der Waals surface area contributed by atoms with Crippen molar-refractivity contribution >= 4 is 69.8 Å². The molecule has 0 aliphatic carbocycles. The van der Waals surface area contributed by atoms with Gasteiger partial charge in [0.05, 0.1) is 12.2 Å². The number of urea groups is 1. The second-order valence-corrected chi connectivity index (χ2v) is 8.76. The molecule has 0 saturated carbocycles. The van der Waals surface area contributed by atoms with Crippen LogP contribution in [0.4, 0.5) is 10.5 Å². The second-order valence-electron chi connectivity index (χ2n) is 5.98. The summed E-state index contributed by atoms with van der Waals surface area (Å²) in [6, 6.07) is 6.08. The number of benzene rings is 1. The van der Waals surface area contributed by atoms with E-state index in [0.29, 0.717) is 17.9 Å². The quantitative estimate of drug-likeness (QED) is 0.185. The van der Waals surface area contributed by atoms with Crippen molar-refractivity contribution in [3.05, 3.63) is 29.8 Å². The van der Waals surface area contributed by atoms with Crippen molar-refractivity contribution in [3.63, 3.8) is 0 Å². The Hall–Kier alpha value is -1.48. The third-order valence-corrected chi connectivity index (χ3v) is 4.26. The predicted molar refractivity (Wildman–Crippen MR) is 117 cm³/mol. The molecule has 1 aromatic rings. The molecule has 0 unspecified atom stereocenters. The molecule has 0 saturated heterocycles. The molecule has 156 valence electrons. The number of unbranched alkanes of at least 4 members (excludes halogenated alkanes) is 1. The number of thiocarbonyl (C=S) groups is 1. The number of carbonyl (C=O) groups excluding carboxylic acids is 2. The van der Waals surface area contributed by atoms with Crippen LogP contribution in [-0.4, -0.2) is 52.7 Å². The van der Waals surface area contributed by atoms with Crippen molar-refractivity contribution in [2.75, 3.05) is 26.0 Å². The Balaban J connectivity index is 2.67. The van der Waals surface area contributed by atoms with Crippen LogP contribution in [0.3, 0.4) is 0 Å². The Morgan fingerprint density at radius 2 is 1.79 bits per heavy atom. The SMILES string of the molecule is CCCCOC(=O)c1ccc(NC(=S)N[C@H](NC(=O)N(C)C)C(Cl)(Cl)Cl)cc1. The van der Waals surface area contributed by atoms with E-state index < -0.39 is 16.0 Å². The maximum absolute atomic E-state index is 11.9. The molecule has 0 aliphatic rings. The zero-order chi connectivity index (χ0) is 21.3. The minimum atomic E-state index is -1.84. The first-order valence-corrected chi connectivity index (χ1v) is 9.98. The topological polar surface area (TPSA) is 82.7 Å². The van der Waals surface area contributed by atoms with Crippen LogP contribution < -0.4 is 16.0 Å². The average molecular weight is 470 g/mol. The van der Waals surface area contributed by atoms with Gasteiger partial charge in [0.25, 0.3) is 0 Å². The molecule has 3 N–H and O–H groups in total. The zero-order valence-electron chi connectivity index (χ0n) is 15.7. The molecule has 2 amide bonds. The van der Waals surface area contributed by atoms with Gasteiger partial charge in [-0.1, -0.05) is 48.1 Å². The molecule has 0 fully saturated rings. The van der Waals surface area contributed by atoms with Crippen LogP contribution >= 0.6 is 47.0 Å². The highest BCUT2D eigenvalue weighted by Gasteiger charge is 2.35. The number of anilines is 1. The molecule has 0 bridgehead atoms. The highest BCUT2D eigenvalue weighted by Crippen LogP contribution is 2.29. The lowest BCUT2D eigenvalue weighted by Gasteiger charge is -2.28. The maximum Gasteiger partial charge on any atom is 0.338 e. The molecule has 0 aromatic heterocycles. The fraction of sp³-hybridized carbons (Fsp3) is 0.471.